The number of benzene rings is 3. The molecule has 0 saturated heterocycles. The number of halogens is 1. The predicted molar refractivity (Wildman–Crippen MR) is 180 cm³/mol. The van der Waals surface area contributed by atoms with Gasteiger partial charge in [-0.1, -0.05) is 67.0 Å². The number of aromatic nitrogens is 3. The molecular weight excluding hydrogens is 610 g/mol. The molecule has 1 unspecified atom stereocenters. The third-order valence-electron chi connectivity index (χ3n) is 7.13. The number of anilines is 2. The number of carbonyl (C=O) groups excluding carboxylic acids is 1. The molecule has 0 fully saturated rings. The van der Waals surface area contributed by atoms with E-state index in [0.29, 0.717) is 70.2 Å². The normalized spacial score (nSPS) is 14.0. The lowest BCUT2D eigenvalue weighted by molar-refractivity contribution is -0.113. The van der Waals surface area contributed by atoms with Crippen LogP contribution in [0.1, 0.15) is 57.7 Å². The molecule has 0 aliphatic carbocycles. The van der Waals surface area contributed by atoms with E-state index in [1.807, 2.05) is 87.5 Å². The summed E-state index contributed by atoms with van der Waals surface area (Å²) >= 11 is 7.65. The average molecular weight is 648 g/mol. The summed E-state index contributed by atoms with van der Waals surface area (Å²) < 4.78 is 19.8. The minimum Gasteiger partial charge on any atom is -0.492 e. The van der Waals surface area contributed by atoms with Crippen LogP contribution >= 0.6 is 23.4 Å². The molecule has 0 radical (unpaired) electrons. The number of allylic oxidation sites excluding steroid dienone is 1. The molecule has 3 aromatic carbocycles. The maximum Gasteiger partial charge on any atom is 0.255 e. The quantitative estimate of drug-likeness (QED) is 0.105. The summed E-state index contributed by atoms with van der Waals surface area (Å²) in [7, 11) is 0. The van der Waals surface area contributed by atoms with Crippen molar-refractivity contribution in [2.24, 2.45) is 0 Å². The van der Waals surface area contributed by atoms with Crippen LogP contribution in [-0.2, 0) is 11.4 Å². The number of nitrogens with zero attached hydrogens (tertiary/aromatic N) is 3. The van der Waals surface area contributed by atoms with Crippen molar-refractivity contribution in [3.8, 4) is 17.2 Å². The topological polar surface area (TPSA) is 99.5 Å². The van der Waals surface area contributed by atoms with E-state index in [0.717, 1.165) is 29.7 Å². The van der Waals surface area contributed by atoms with Crippen molar-refractivity contribution in [3.05, 3.63) is 94.1 Å². The second-order valence-electron chi connectivity index (χ2n) is 10.4. The van der Waals surface area contributed by atoms with Gasteiger partial charge >= 0.3 is 0 Å². The molecule has 5 rings (SSSR count). The molecule has 1 aliphatic heterocycles. The first-order valence-corrected chi connectivity index (χ1v) is 16.5. The van der Waals surface area contributed by atoms with Gasteiger partial charge in [-0.05, 0) is 74.7 Å². The SMILES string of the molecule is CCCCSc1nc2n(n1)C(c1ccc(OCc3ccc(Cl)cc3)c(OCC)c1)C(C(=O)Nc1ccccc1OCC)=C(C)N2. The second-order valence-corrected chi connectivity index (χ2v) is 11.9. The first kappa shape index (κ1) is 32.2. The number of hydrogen-bond acceptors (Lipinski definition) is 8. The van der Waals surface area contributed by atoms with Crippen molar-refractivity contribution in [1.29, 1.82) is 0 Å². The first-order valence-electron chi connectivity index (χ1n) is 15.2. The zero-order valence-corrected chi connectivity index (χ0v) is 27.5. The highest BCUT2D eigenvalue weighted by Crippen LogP contribution is 2.40. The molecule has 9 nitrogen and oxygen atoms in total. The Morgan fingerprint density at radius 2 is 1.73 bits per heavy atom. The highest BCUT2D eigenvalue weighted by atomic mass is 35.5. The Morgan fingerprint density at radius 3 is 2.49 bits per heavy atom. The van der Waals surface area contributed by atoms with Crippen LogP contribution in [0.15, 0.2) is 83.2 Å². The van der Waals surface area contributed by atoms with E-state index < -0.39 is 6.04 Å². The van der Waals surface area contributed by atoms with E-state index in [1.54, 1.807) is 16.4 Å². The minimum atomic E-state index is -0.585. The molecular formula is C34H38ClN5O4S. The van der Waals surface area contributed by atoms with Crippen LogP contribution in [0.2, 0.25) is 5.02 Å². The molecule has 45 heavy (non-hydrogen) atoms. The van der Waals surface area contributed by atoms with Gasteiger partial charge in [0.1, 0.15) is 18.4 Å². The molecule has 0 spiro atoms. The average Bonchev–Trinajstić information content (AvgIpc) is 3.44. The highest BCUT2D eigenvalue weighted by molar-refractivity contribution is 7.99. The van der Waals surface area contributed by atoms with Crippen LogP contribution in [0.4, 0.5) is 11.6 Å². The molecule has 4 aromatic rings. The van der Waals surface area contributed by atoms with Crippen LogP contribution in [0.3, 0.4) is 0 Å². The number of rotatable bonds is 14. The number of ether oxygens (including phenoxy) is 3. The van der Waals surface area contributed by atoms with E-state index in [9.17, 15) is 4.79 Å². The lowest BCUT2D eigenvalue weighted by atomic mass is 9.94. The Morgan fingerprint density at radius 1 is 0.978 bits per heavy atom. The van der Waals surface area contributed by atoms with Gasteiger partial charge in [0.2, 0.25) is 11.1 Å². The lowest BCUT2D eigenvalue weighted by Crippen LogP contribution is -2.31. The number of thioether (sulfide) groups is 1. The van der Waals surface area contributed by atoms with E-state index in [4.69, 9.17) is 35.9 Å². The van der Waals surface area contributed by atoms with Crippen LogP contribution in [0.5, 0.6) is 17.2 Å². The Bertz CT molecular complexity index is 1660. The maximum atomic E-state index is 14.1. The number of para-hydroxylation sites is 2. The third kappa shape index (κ3) is 7.75. The Hall–Kier alpha value is -4.15. The molecule has 1 amide bonds. The molecule has 0 bridgehead atoms. The predicted octanol–water partition coefficient (Wildman–Crippen LogP) is 8.13. The Labute approximate surface area is 273 Å². The first-order chi connectivity index (χ1) is 21.9. The molecule has 11 heteroatoms. The fourth-order valence-corrected chi connectivity index (χ4v) is 6.01. The summed E-state index contributed by atoms with van der Waals surface area (Å²) in [6.07, 6.45) is 2.15. The second kappa shape index (κ2) is 15.2. The summed E-state index contributed by atoms with van der Waals surface area (Å²) in [6.45, 7) is 9.14. The van der Waals surface area contributed by atoms with Crippen molar-refractivity contribution >= 4 is 40.9 Å². The van der Waals surface area contributed by atoms with Crippen molar-refractivity contribution in [2.45, 2.75) is 58.3 Å². The summed E-state index contributed by atoms with van der Waals surface area (Å²) in [5.74, 6) is 2.97. The zero-order valence-electron chi connectivity index (χ0n) is 25.9. The fourth-order valence-electron chi connectivity index (χ4n) is 4.97. The van der Waals surface area contributed by atoms with Crippen LogP contribution in [-0.4, -0.2) is 39.6 Å². The molecule has 1 aliphatic rings. The molecule has 236 valence electrons. The molecule has 1 aromatic heterocycles. The zero-order chi connectivity index (χ0) is 31.8. The van der Waals surface area contributed by atoms with Gasteiger partial charge in [0, 0.05) is 16.5 Å². The number of hydrogen-bond donors (Lipinski definition) is 2. The van der Waals surface area contributed by atoms with Crippen molar-refractivity contribution in [2.75, 3.05) is 29.6 Å². The van der Waals surface area contributed by atoms with Crippen LogP contribution < -0.4 is 24.8 Å². The maximum absolute atomic E-state index is 14.1. The summed E-state index contributed by atoms with van der Waals surface area (Å²) in [4.78, 5) is 18.9. The molecule has 2 heterocycles. The highest BCUT2D eigenvalue weighted by Gasteiger charge is 2.35. The van der Waals surface area contributed by atoms with Gasteiger partial charge in [0.25, 0.3) is 5.91 Å². The van der Waals surface area contributed by atoms with Gasteiger partial charge in [-0.25, -0.2) is 4.68 Å². The fraction of sp³-hybridized carbons (Fsp3) is 0.324. The van der Waals surface area contributed by atoms with Crippen molar-refractivity contribution in [3.63, 3.8) is 0 Å². The van der Waals surface area contributed by atoms with E-state index in [2.05, 4.69) is 17.6 Å². The van der Waals surface area contributed by atoms with Gasteiger partial charge in [-0.3, -0.25) is 4.79 Å². The third-order valence-corrected chi connectivity index (χ3v) is 8.31. The number of amides is 1. The summed E-state index contributed by atoms with van der Waals surface area (Å²) in [5.41, 5.74) is 3.55. The van der Waals surface area contributed by atoms with Crippen molar-refractivity contribution < 1.29 is 19.0 Å². The van der Waals surface area contributed by atoms with Crippen LogP contribution in [0.25, 0.3) is 0 Å². The van der Waals surface area contributed by atoms with Gasteiger partial charge in [0.05, 0.1) is 24.5 Å². The van der Waals surface area contributed by atoms with E-state index >= 15 is 0 Å². The number of unbranched alkanes of at least 4 members (excludes halogenated alkanes) is 1. The Balaban J connectivity index is 1.52. The number of fused-ring (bicyclic) bond motifs is 1. The molecule has 0 saturated carbocycles. The van der Waals surface area contributed by atoms with Crippen molar-refractivity contribution in [1.82, 2.24) is 14.8 Å². The lowest BCUT2D eigenvalue weighted by Gasteiger charge is -2.29. The van der Waals surface area contributed by atoms with Gasteiger partial charge in [0.15, 0.2) is 11.5 Å². The smallest absolute Gasteiger partial charge is 0.255 e. The van der Waals surface area contributed by atoms with Crippen LogP contribution in [0, 0.1) is 0 Å². The minimum absolute atomic E-state index is 0.278. The standard InChI is InChI=1S/C34H38ClN5O4S/c1-5-8-19-45-34-38-33-36-22(4)30(32(41)37-26-11-9-10-12-27(26)42-6-2)31(40(33)39-34)24-15-18-28(29(20-24)43-7-3)44-21-23-13-16-25(35)17-14-23/h9-18,20,31H,5-8,19,21H2,1-4H3,(H,37,41)(H,36,38,39). The number of carbonyl (C=O) groups is 1. The van der Waals surface area contributed by atoms with Gasteiger partial charge in [-0.2, -0.15) is 4.98 Å². The summed E-state index contributed by atoms with van der Waals surface area (Å²) in [5, 5.41) is 12.6. The monoisotopic (exact) mass is 647 g/mol. The molecule has 1 atom stereocenters. The van der Waals surface area contributed by atoms with Gasteiger partial charge in [-0.15, -0.1) is 5.10 Å². The molecule has 2 N–H and O–H groups in total. The number of nitrogens with one attached hydrogen (secondary N) is 2. The largest absolute Gasteiger partial charge is 0.492 e. The van der Waals surface area contributed by atoms with E-state index in [1.165, 1.54) is 0 Å². The summed E-state index contributed by atoms with van der Waals surface area (Å²) in [6, 6.07) is 20.1. The Kier molecular flexibility index (Phi) is 10.9. The van der Waals surface area contributed by atoms with E-state index in [-0.39, 0.29) is 5.91 Å². The van der Waals surface area contributed by atoms with Gasteiger partial charge < -0.3 is 24.8 Å².